The highest BCUT2D eigenvalue weighted by Gasteiger charge is 2.34. The quantitative estimate of drug-likeness (QED) is 0.833. The van der Waals surface area contributed by atoms with Crippen LogP contribution in [0, 0.1) is 11.2 Å². The van der Waals surface area contributed by atoms with E-state index in [9.17, 15) is 12.8 Å². The van der Waals surface area contributed by atoms with E-state index in [1.807, 2.05) is 0 Å². The molecule has 0 unspecified atom stereocenters. The number of rotatable bonds is 5. The molecule has 0 heterocycles. The van der Waals surface area contributed by atoms with Gasteiger partial charge in [-0.05, 0) is 36.5 Å². The first kappa shape index (κ1) is 16.0. The van der Waals surface area contributed by atoms with Gasteiger partial charge in [-0.1, -0.05) is 24.4 Å². The van der Waals surface area contributed by atoms with Crippen molar-refractivity contribution in [3.63, 3.8) is 0 Å². The van der Waals surface area contributed by atoms with E-state index in [0.717, 1.165) is 37.8 Å². The van der Waals surface area contributed by atoms with Crippen LogP contribution in [-0.4, -0.2) is 20.8 Å². The summed E-state index contributed by atoms with van der Waals surface area (Å²) >= 11 is 11.8. The van der Waals surface area contributed by atoms with Crippen LogP contribution in [0.15, 0.2) is 23.1 Å². The molecule has 1 aromatic carbocycles. The summed E-state index contributed by atoms with van der Waals surface area (Å²) in [4.78, 5) is -0.234. The summed E-state index contributed by atoms with van der Waals surface area (Å²) in [5, 5.41) is 0.00486. The van der Waals surface area contributed by atoms with Crippen LogP contribution >= 0.6 is 23.2 Å². The Morgan fingerprint density at radius 1 is 1.30 bits per heavy atom. The first-order valence-electron chi connectivity index (χ1n) is 6.39. The number of benzene rings is 1. The average molecular weight is 340 g/mol. The number of alkyl halides is 1. The number of nitrogens with one attached hydrogen (secondary N) is 1. The number of hydrogen-bond donors (Lipinski definition) is 1. The molecule has 1 fully saturated rings. The van der Waals surface area contributed by atoms with E-state index >= 15 is 0 Å². The summed E-state index contributed by atoms with van der Waals surface area (Å²) in [5.41, 5.74) is -0.200. The van der Waals surface area contributed by atoms with Gasteiger partial charge < -0.3 is 0 Å². The molecule has 0 aliphatic heterocycles. The lowest BCUT2D eigenvalue weighted by atomic mass is 9.89. The molecular formula is C13H16Cl2FNO2S. The van der Waals surface area contributed by atoms with Crippen LogP contribution in [0.25, 0.3) is 0 Å². The third-order valence-corrected chi connectivity index (χ3v) is 6.22. The molecule has 1 saturated carbocycles. The highest BCUT2D eigenvalue weighted by Crippen LogP contribution is 2.38. The summed E-state index contributed by atoms with van der Waals surface area (Å²) in [6.45, 7) is 0.256. The standard InChI is InChI=1S/C13H16Cl2FNO2S/c14-8-13(5-1-2-6-13)9-17-20(18,19)12-7-10(16)3-4-11(12)15/h3-4,7,17H,1-2,5-6,8-9H2. The van der Waals surface area contributed by atoms with E-state index in [1.165, 1.54) is 6.07 Å². The average Bonchev–Trinajstić information content (AvgIpc) is 2.89. The molecule has 0 radical (unpaired) electrons. The summed E-state index contributed by atoms with van der Waals surface area (Å²) in [5.74, 6) is -0.227. The highest BCUT2D eigenvalue weighted by atomic mass is 35.5. The molecule has 1 aliphatic rings. The molecule has 3 nitrogen and oxygen atoms in total. The lowest BCUT2D eigenvalue weighted by molar-refractivity contribution is 0.342. The van der Waals surface area contributed by atoms with Gasteiger partial charge in [0.2, 0.25) is 10.0 Å². The van der Waals surface area contributed by atoms with Gasteiger partial charge in [0.1, 0.15) is 10.7 Å². The second kappa shape index (κ2) is 6.18. The number of halogens is 3. The normalized spacial score (nSPS) is 18.4. The predicted octanol–water partition coefficient (Wildman–Crippen LogP) is 3.56. The van der Waals surface area contributed by atoms with E-state index in [1.54, 1.807) is 0 Å². The highest BCUT2D eigenvalue weighted by molar-refractivity contribution is 7.89. The Morgan fingerprint density at radius 2 is 1.95 bits per heavy atom. The zero-order valence-corrected chi connectivity index (χ0v) is 13.2. The molecule has 1 aromatic rings. The SMILES string of the molecule is O=S(=O)(NCC1(CCl)CCCC1)c1cc(F)ccc1Cl. The van der Waals surface area contributed by atoms with Crippen molar-refractivity contribution in [2.45, 2.75) is 30.6 Å². The van der Waals surface area contributed by atoms with Gasteiger partial charge in [-0.2, -0.15) is 0 Å². The van der Waals surface area contributed by atoms with Gasteiger partial charge in [0, 0.05) is 12.4 Å². The molecule has 0 atom stereocenters. The van der Waals surface area contributed by atoms with Crippen LogP contribution in [0.5, 0.6) is 0 Å². The van der Waals surface area contributed by atoms with E-state index in [4.69, 9.17) is 23.2 Å². The largest absolute Gasteiger partial charge is 0.242 e. The predicted molar refractivity (Wildman–Crippen MR) is 78.2 cm³/mol. The topological polar surface area (TPSA) is 46.2 Å². The first-order chi connectivity index (χ1) is 9.38. The fraction of sp³-hybridized carbons (Fsp3) is 0.538. The minimum atomic E-state index is -3.83. The third-order valence-electron chi connectivity index (χ3n) is 3.77. The zero-order valence-electron chi connectivity index (χ0n) is 10.8. The van der Waals surface area contributed by atoms with Crippen molar-refractivity contribution in [2.75, 3.05) is 12.4 Å². The minimum Gasteiger partial charge on any atom is -0.211 e. The van der Waals surface area contributed by atoms with Crippen molar-refractivity contribution in [1.82, 2.24) is 4.72 Å². The van der Waals surface area contributed by atoms with Crippen molar-refractivity contribution in [3.8, 4) is 0 Å². The second-order valence-electron chi connectivity index (χ2n) is 5.24. The van der Waals surface area contributed by atoms with E-state index in [0.29, 0.717) is 5.88 Å². The molecule has 7 heteroatoms. The molecule has 0 amide bonds. The third kappa shape index (κ3) is 3.45. The molecular weight excluding hydrogens is 324 g/mol. The fourth-order valence-corrected chi connectivity index (χ4v) is 4.52. The molecule has 1 aliphatic carbocycles. The van der Waals surface area contributed by atoms with E-state index < -0.39 is 15.8 Å². The molecule has 0 bridgehead atoms. The zero-order chi connectivity index (χ0) is 14.8. The summed E-state index contributed by atoms with van der Waals surface area (Å²) < 4.78 is 40.1. The van der Waals surface area contributed by atoms with Crippen molar-refractivity contribution in [1.29, 1.82) is 0 Å². The molecule has 0 spiro atoms. The smallest absolute Gasteiger partial charge is 0.211 e. The summed E-state index contributed by atoms with van der Waals surface area (Å²) in [6, 6.07) is 3.28. The van der Waals surface area contributed by atoms with Gasteiger partial charge in [-0.3, -0.25) is 0 Å². The Morgan fingerprint density at radius 3 is 2.55 bits per heavy atom. The maximum absolute atomic E-state index is 13.2. The monoisotopic (exact) mass is 339 g/mol. The van der Waals surface area contributed by atoms with Crippen LogP contribution in [0.3, 0.4) is 0 Å². The van der Waals surface area contributed by atoms with Crippen molar-refractivity contribution < 1.29 is 12.8 Å². The molecule has 1 N–H and O–H groups in total. The molecule has 20 heavy (non-hydrogen) atoms. The molecule has 2 rings (SSSR count). The van der Waals surface area contributed by atoms with Gasteiger partial charge >= 0.3 is 0 Å². The summed E-state index contributed by atoms with van der Waals surface area (Å²) in [7, 11) is -3.83. The number of sulfonamides is 1. The maximum Gasteiger partial charge on any atom is 0.242 e. The van der Waals surface area contributed by atoms with Gasteiger partial charge in [0.15, 0.2) is 0 Å². The maximum atomic E-state index is 13.2. The summed E-state index contributed by atoms with van der Waals surface area (Å²) in [6.07, 6.45) is 3.90. The Bertz CT molecular complexity index is 586. The Kier molecular flexibility index (Phi) is 4.95. The second-order valence-corrected chi connectivity index (χ2v) is 7.65. The van der Waals surface area contributed by atoms with Gasteiger partial charge in [-0.15, -0.1) is 11.6 Å². The van der Waals surface area contributed by atoms with E-state index in [2.05, 4.69) is 4.72 Å². The Balaban J connectivity index is 2.17. The fourth-order valence-electron chi connectivity index (χ4n) is 2.49. The Hall–Kier alpha value is -0.360. The lowest BCUT2D eigenvalue weighted by Crippen LogP contribution is -2.37. The molecule has 112 valence electrons. The first-order valence-corrected chi connectivity index (χ1v) is 8.79. The Labute approximate surface area is 128 Å². The minimum absolute atomic E-state index is 0.00486. The number of hydrogen-bond acceptors (Lipinski definition) is 2. The van der Waals surface area contributed by atoms with Gasteiger partial charge in [0.25, 0.3) is 0 Å². The molecule has 0 saturated heterocycles. The van der Waals surface area contributed by atoms with Gasteiger partial charge in [-0.25, -0.2) is 17.5 Å². The van der Waals surface area contributed by atoms with Crippen LogP contribution in [0.4, 0.5) is 4.39 Å². The van der Waals surface area contributed by atoms with Gasteiger partial charge in [0.05, 0.1) is 5.02 Å². The van der Waals surface area contributed by atoms with Crippen LogP contribution < -0.4 is 4.72 Å². The van der Waals surface area contributed by atoms with Crippen molar-refractivity contribution >= 4 is 33.2 Å². The van der Waals surface area contributed by atoms with Crippen LogP contribution in [0.1, 0.15) is 25.7 Å². The van der Waals surface area contributed by atoms with E-state index in [-0.39, 0.29) is 21.9 Å². The van der Waals surface area contributed by atoms with Crippen molar-refractivity contribution in [3.05, 3.63) is 29.0 Å². The van der Waals surface area contributed by atoms with Crippen molar-refractivity contribution in [2.24, 2.45) is 5.41 Å². The molecule has 0 aromatic heterocycles. The van der Waals surface area contributed by atoms with Crippen LogP contribution in [0.2, 0.25) is 5.02 Å². The van der Waals surface area contributed by atoms with Crippen LogP contribution in [-0.2, 0) is 10.0 Å². The lowest BCUT2D eigenvalue weighted by Gasteiger charge is -2.26.